The van der Waals surface area contributed by atoms with Crippen LogP contribution in [0.2, 0.25) is 0 Å². The van der Waals surface area contributed by atoms with Gasteiger partial charge in [0.2, 0.25) is 5.91 Å². The monoisotopic (exact) mass is 213 g/mol. The summed E-state index contributed by atoms with van der Waals surface area (Å²) in [6, 6.07) is -0.128. The first kappa shape index (κ1) is 10.0. The summed E-state index contributed by atoms with van der Waals surface area (Å²) in [4.78, 5) is 24.9. The summed E-state index contributed by atoms with van der Waals surface area (Å²) in [7, 11) is 0. The van der Waals surface area contributed by atoms with Crippen LogP contribution in [-0.4, -0.2) is 33.8 Å². The predicted molar refractivity (Wildman–Crippen MR) is 56.0 cm³/mol. The molecule has 1 amide bonds. The van der Waals surface area contributed by atoms with Crippen molar-refractivity contribution in [1.82, 2.24) is 4.90 Å². The van der Waals surface area contributed by atoms with Crippen molar-refractivity contribution in [2.24, 2.45) is 5.41 Å². The number of ketones is 1. The number of nitrogens with zero attached hydrogens (tertiary/aromatic N) is 1. The molecule has 2 fully saturated rings. The maximum Gasteiger partial charge on any atom is 0.231 e. The van der Waals surface area contributed by atoms with E-state index in [4.69, 9.17) is 0 Å². The van der Waals surface area contributed by atoms with Crippen LogP contribution < -0.4 is 0 Å². The molecule has 2 heterocycles. The summed E-state index contributed by atoms with van der Waals surface area (Å²) >= 11 is 1.73. The first-order valence-corrected chi connectivity index (χ1v) is 5.91. The van der Waals surface area contributed by atoms with Crippen LogP contribution in [0.4, 0.5) is 0 Å². The van der Waals surface area contributed by atoms with Crippen LogP contribution in [0.5, 0.6) is 0 Å². The van der Waals surface area contributed by atoms with Gasteiger partial charge in [-0.3, -0.25) is 9.59 Å². The lowest BCUT2D eigenvalue weighted by Gasteiger charge is -2.33. The van der Waals surface area contributed by atoms with Gasteiger partial charge in [0.25, 0.3) is 0 Å². The van der Waals surface area contributed by atoms with Crippen LogP contribution in [0.1, 0.15) is 27.2 Å². The number of carbonyl (C=O) groups excluding carboxylic acids is 2. The van der Waals surface area contributed by atoms with Crippen molar-refractivity contribution in [3.63, 3.8) is 0 Å². The fraction of sp³-hybridized carbons (Fsp3) is 0.800. The number of carbonyl (C=O) groups is 2. The van der Waals surface area contributed by atoms with E-state index < -0.39 is 0 Å². The molecule has 4 heteroatoms. The van der Waals surface area contributed by atoms with Crippen molar-refractivity contribution in [2.75, 3.05) is 5.75 Å². The maximum absolute atomic E-state index is 11.6. The van der Waals surface area contributed by atoms with Gasteiger partial charge in [0.1, 0.15) is 6.04 Å². The molecule has 0 aromatic heterocycles. The highest BCUT2D eigenvalue weighted by Gasteiger charge is 2.50. The first-order valence-electron chi connectivity index (χ1n) is 4.87. The molecule has 0 unspecified atom stereocenters. The molecular formula is C10H15NO2S. The van der Waals surface area contributed by atoms with Crippen LogP contribution in [0.15, 0.2) is 0 Å². The number of fused-ring (bicyclic) bond motifs is 1. The molecular weight excluding hydrogens is 198 g/mol. The van der Waals surface area contributed by atoms with Gasteiger partial charge in [0.15, 0.2) is 5.78 Å². The number of Topliss-reactive ketones (excluding diaryl/α,β-unsaturated/α-hetero) is 1. The van der Waals surface area contributed by atoms with Crippen molar-refractivity contribution in [3.05, 3.63) is 0 Å². The first-order chi connectivity index (χ1) is 6.41. The van der Waals surface area contributed by atoms with E-state index in [0.29, 0.717) is 0 Å². The zero-order valence-corrected chi connectivity index (χ0v) is 9.56. The average Bonchev–Trinajstić information content (AvgIpc) is 2.53. The Morgan fingerprint density at radius 1 is 1.36 bits per heavy atom. The molecule has 2 aliphatic heterocycles. The van der Waals surface area contributed by atoms with Gasteiger partial charge in [0, 0.05) is 5.75 Å². The molecule has 14 heavy (non-hydrogen) atoms. The van der Waals surface area contributed by atoms with E-state index in [1.54, 1.807) is 16.7 Å². The minimum absolute atomic E-state index is 0.0184. The Kier molecular flexibility index (Phi) is 2.14. The number of hydrogen-bond acceptors (Lipinski definition) is 3. The molecule has 2 aliphatic rings. The molecule has 3 nitrogen and oxygen atoms in total. The lowest BCUT2D eigenvalue weighted by molar-refractivity contribution is -0.130. The minimum atomic E-state index is -0.128. The van der Waals surface area contributed by atoms with Gasteiger partial charge < -0.3 is 4.90 Å². The van der Waals surface area contributed by atoms with Gasteiger partial charge in [-0.05, 0) is 5.41 Å². The SMILES string of the molecule is CC(C)(C)[C@H]1SC[C@@H]2C(=O)CC(=O)N21. The molecule has 0 aromatic rings. The highest BCUT2D eigenvalue weighted by Crippen LogP contribution is 2.43. The molecule has 2 saturated heterocycles. The van der Waals surface area contributed by atoms with Gasteiger partial charge in [-0.15, -0.1) is 11.8 Å². The van der Waals surface area contributed by atoms with Crippen LogP contribution in [-0.2, 0) is 9.59 Å². The quantitative estimate of drug-likeness (QED) is 0.569. The van der Waals surface area contributed by atoms with Crippen LogP contribution in [0.25, 0.3) is 0 Å². The second kappa shape index (κ2) is 2.99. The molecule has 0 aliphatic carbocycles. The highest BCUT2D eigenvalue weighted by atomic mass is 32.2. The summed E-state index contributed by atoms with van der Waals surface area (Å²) in [6.07, 6.45) is 0.123. The minimum Gasteiger partial charge on any atom is -0.319 e. The van der Waals surface area contributed by atoms with Gasteiger partial charge in [-0.2, -0.15) is 0 Å². The number of rotatable bonds is 0. The highest BCUT2D eigenvalue weighted by molar-refractivity contribution is 8.00. The Bertz CT molecular complexity index is 295. The standard InChI is InChI=1S/C10H15NO2S/c1-10(2,3)9-11-6(5-14-9)7(12)4-8(11)13/h6,9H,4-5H2,1-3H3/t6-,9-/m1/s1. The average molecular weight is 213 g/mol. The van der Waals surface area contributed by atoms with E-state index >= 15 is 0 Å². The predicted octanol–water partition coefficient (Wildman–Crippen LogP) is 1.28. The van der Waals surface area contributed by atoms with E-state index in [2.05, 4.69) is 20.8 Å². The number of hydrogen-bond donors (Lipinski definition) is 0. The van der Waals surface area contributed by atoms with E-state index in [1.807, 2.05) is 0 Å². The number of thioether (sulfide) groups is 1. The number of amides is 1. The van der Waals surface area contributed by atoms with Crippen molar-refractivity contribution in [1.29, 1.82) is 0 Å². The molecule has 0 saturated carbocycles. The fourth-order valence-corrected chi connectivity index (χ4v) is 3.72. The van der Waals surface area contributed by atoms with Crippen molar-refractivity contribution >= 4 is 23.5 Å². The molecule has 78 valence electrons. The van der Waals surface area contributed by atoms with Crippen LogP contribution in [0.3, 0.4) is 0 Å². The lowest BCUT2D eigenvalue weighted by Crippen LogP contribution is -2.42. The van der Waals surface area contributed by atoms with Crippen molar-refractivity contribution in [2.45, 2.75) is 38.6 Å². The van der Waals surface area contributed by atoms with E-state index in [-0.39, 0.29) is 34.9 Å². The second-order valence-electron chi connectivity index (χ2n) is 5.01. The largest absolute Gasteiger partial charge is 0.319 e. The Hall–Kier alpha value is -0.510. The summed E-state index contributed by atoms with van der Waals surface area (Å²) < 4.78 is 0. The molecule has 0 radical (unpaired) electrons. The van der Waals surface area contributed by atoms with E-state index in [1.165, 1.54) is 0 Å². The Balaban J connectivity index is 2.26. The van der Waals surface area contributed by atoms with Gasteiger partial charge in [-0.25, -0.2) is 0 Å². The Morgan fingerprint density at radius 2 is 2.00 bits per heavy atom. The Labute approximate surface area is 88.2 Å². The third kappa shape index (κ3) is 1.36. The van der Waals surface area contributed by atoms with Gasteiger partial charge in [-0.1, -0.05) is 20.8 Å². The zero-order chi connectivity index (χ0) is 10.5. The summed E-state index contributed by atoms with van der Waals surface area (Å²) in [5, 5.41) is 0.173. The maximum atomic E-state index is 11.6. The van der Waals surface area contributed by atoms with Crippen molar-refractivity contribution in [3.8, 4) is 0 Å². The van der Waals surface area contributed by atoms with E-state index in [9.17, 15) is 9.59 Å². The molecule has 2 rings (SSSR count). The Morgan fingerprint density at radius 3 is 2.57 bits per heavy atom. The summed E-state index contributed by atoms with van der Waals surface area (Å²) in [5.41, 5.74) is 0.0553. The summed E-state index contributed by atoms with van der Waals surface area (Å²) in [6.45, 7) is 6.34. The summed E-state index contributed by atoms with van der Waals surface area (Å²) in [5.74, 6) is 0.908. The van der Waals surface area contributed by atoms with E-state index in [0.717, 1.165) is 5.75 Å². The molecule has 0 N–H and O–H groups in total. The van der Waals surface area contributed by atoms with Crippen LogP contribution >= 0.6 is 11.8 Å². The molecule has 0 aromatic carbocycles. The molecule has 0 bridgehead atoms. The van der Waals surface area contributed by atoms with Crippen molar-refractivity contribution < 1.29 is 9.59 Å². The molecule has 2 atom stereocenters. The topological polar surface area (TPSA) is 37.4 Å². The molecule has 0 spiro atoms. The van der Waals surface area contributed by atoms with Gasteiger partial charge >= 0.3 is 0 Å². The third-order valence-corrected chi connectivity index (χ3v) is 4.48. The second-order valence-corrected chi connectivity index (χ2v) is 6.12. The lowest BCUT2D eigenvalue weighted by atomic mass is 9.95. The normalized spacial score (nSPS) is 32.6. The third-order valence-electron chi connectivity index (χ3n) is 2.73. The smallest absolute Gasteiger partial charge is 0.231 e. The van der Waals surface area contributed by atoms with Gasteiger partial charge in [0.05, 0.1) is 11.8 Å². The zero-order valence-electron chi connectivity index (χ0n) is 8.74. The van der Waals surface area contributed by atoms with Crippen LogP contribution in [0, 0.1) is 5.41 Å². The fourth-order valence-electron chi connectivity index (χ4n) is 2.08.